The quantitative estimate of drug-likeness (QED) is 0.354. The molecule has 0 aromatic carbocycles. The van der Waals surface area contributed by atoms with E-state index in [0.29, 0.717) is 6.92 Å². The highest BCUT2D eigenvalue weighted by atomic mass is 19.4. The molecule has 0 fully saturated rings. The molecule has 1 atom stereocenters. The minimum absolute atomic E-state index is 0.577. The number of aliphatic hydroxyl groups excluding tert-OH is 1. The fourth-order valence-electron chi connectivity index (χ4n) is 1.19. The zero-order valence-corrected chi connectivity index (χ0v) is 10.2. The first-order valence-electron chi connectivity index (χ1n) is 5.18. The fraction of sp³-hybridized carbons (Fsp3) is 0.700. The molecule has 0 amide bonds. The maximum absolute atomic E-state index is 12.6. The number of alkyl halides is 6. The summed E-state index contributed by atoms with van der Waals surface area (Å²) < 4.78 is 83.3. The molecule has 0 rings (SSSR count). The van der Waals surface area contributed by atoms with Crippen molar-refractivity contribution in [1.82, 2.24) is 0 Å². The van der Waals surface area contributed by atoms with E-state index in [2.05, 4.69) is 16.1 Å². The van der Waals surface area contributed by atoms with E-state index >= 15 is 0 Å². The third kappa shape index (κ3) is 4.10. The molecule has 4 nitrogen and oxygen atoms in total. The van der Waals surface area contributed by atoms with Crippen molar-refractivity contribution < 1.29 is 45.7 Å². The van der Waals surface area contributed by atoms with Crippen molar-refractivity contribution in [3.05, 3.63) is 12.7 Å². The smallest absolute Gasteiger partial charge is 0.437 e. The Balaban J connectivity index is 5.11. The summed E-state index contributed by atoms with van der Waals surface area (Å²) in [6.07, 6.45) is -14.2. The summed E-state index contributed by atoms with van der Waals surface area (Å²) in [5, 5.41) is 8.79. The lowest BCUT2D eigenvalue weighted by atomic mass is 9.99. The molecule has 1 unspecified atom stereocenters. The molecule has 0 saturated heterocycles. The van der Waals surface area contributed by atoms with Crippen molar-refractivity contribution in [1.29, 1.82) is 0 Å². The Bertz CT molecular complexity index is 335. The highest BCUT2D eigenvalue weighted by Crippen LogP contribution is 2.48. The highest BCUT2D eigenvalue weighted by molar-refractivity contribution is 5.71. The van der Waals surface area contributed by atoms with Gasteiger partial charge >= 0.3 is 23.9 Å². The van der Waals surface area contributed by atoms with Crippen LogP contribution in [0.4, 0.5) is 26.3 Å². The summed E-state index contributed by atoms with van der Waals surface area (Å²) >= 11 is 0. The van der Waals surface area contributed by atoms with Crippen LogP contribution in [0.15, 0.2) is 12.7 Å². The molecule has 0 aliphatic carbocycles. The van der Waals surface area contributed by atoms with E-state index in [0.717, 1.165) is 6.08 Å². The van der Waals surface area contributed by atoms with Crippen molar-refractivity contribution in [2.24, 2.45) is 0 Å². The molecular formula is C10H12F6O4. The molecule has 10 heteroatoms. The zero-order valence-electron chi connectivity index (χ0n) is 10.2. The predicted molar refractivity (Wildman–Crippen MR) is 53.4 cm³/mol. The minimum atomic E-state index is -5.84. The van der Waals surface area contributed by atoms with Gasteiger partial charge in [-0.25, -0.2) is 4.79 Å². The van der Waals surface area contributed by atoms with Crippen molar-refractivity contribution in [2.75, 3.05) is 6.61 Å². The average Bonchev–Trinajstić information content (AvgIpc) is 2.29. The van der Waals surface area contributed by atoms with Gasteiger partial charge in [0.2, 0.25) is 0 Å². The number of carbonyl (C=O) groups is 1. The lowest BCUT2D eigenvalue weighted by Crippen LogP contribution is -2.59. The largest absolute Gasteiger partial charge is 0.438 e. The number of esters is 1. The van der Waals surface area contributed by atoms with E-state index in [4.69, 9.17) is 5.11 Å². The molecule has 0 aromatic heterocycles. The maximum atomic E-state index is 12.6. The minimum Gasteiger partial charge on any atom is -0.438 e. The Morgan fingerprint density at radius 1 is 1.25 bits per heavy atom. The lowest BCUT2D eigenvalue weighted by Gasteiger charge is -2.35. The van der Waals surface area contributed by atoms with Crippen LogP contribution >= 0.6 is 0 Å². The number of carbonyl (C=O) groups excluding carboxylic acids is 1. The molecule has 0 radical (unpaired) electrons. The second kappa shape index (κ2) is 6.44. The monoisotopic (exact) mass is 310 g/mol. The van der Waals surface area contributed by atoms with Crippen LogP contribution in [-0.4, -0.2) is 41.9 Å². The highest BCUT2D eigenvalue weighted by Gasteiger charge is 2.73. The van der Waals surface area contributed by atoms with Gasteiger partial charge in [-0.2, -0.15) is 26.3 Å². The number of rotatable bonds is 6. The van der Waals surface area contributed by atoms with E-state index in [-0.39, 0.29) is 0 Å². The van der Waals surface area contributed by atoms with Gasteiger partial charge in [0, 0.05) is 6.42 Å². The Morgan fingerprint density at radius 3 is 2.00 bits per heavy atom. The third-order valence-corrected chi connectivity index (χ3v) is 2.28. The predicted octanol–water partition coefficient (Wildman–Crippen LogP) is 2.32. The third-order valence-electron chi connectivity index (χ3n) is 2.28. The van der Waals surface area contributed by atoms with Gasteiger partial charge < -0.3 is 14.6 Å². The maximum Gasteiger partial charge on any atom is 0.437 e. The summed E-state index contributed by atoms with van der Waals surface area (Å²) in [6.45, 7) is 2.31. The Morgan fingerprint density at radius 2 is 1.70 bits per heavy atom. The van der Waals surface area contributed by atoms with Crippen LogP contribution in [0, 0.1) is 0 Å². The fourth-order valence-corrected chi connectivity index (χ4v) is 1.19. The van der Waals surface area contributed by atoms with Gasteiger partial charge in [-0.1, -0.05) is 13.5 Å². The molecule has 0 aromatic rings. The molecule has 20 heavy (non-hydrogen) atoms. The van der Waals surface area contributed by atoms with Crippen LogP contribution in [0.25, 0.3) is 0 Å². The zero-order chi connectivity index (χ0) is 16.2. The molecule has 0 aliphatic rings. The van der Waals surface area contributed by atoms with Crippen LogP contribution in [-0.2, 0) is 14.3 Å². The first-order chi connectivity index (χ1) is 8.91. The van der Waals surface area contributed by atoms with E-state index in [1.54, 1.807) is 0 Å². The van der Waals surface area contributed by atoms with Gasteiger partial charge in [-0.15, -0.1) is 0 Å². The van der Waals surface area contributed by atoms with Crippen LogP contribution in [0.2, 0.25) is 0 Å². The summed E-state index contributed by atoms with van der Waals surface area (Å²) in [7, 11) is 0. The number of hydrogen-bond acceptors (Lipinski definition) is 4. The summed E-state index contributed by atoms with van der Waals surface area (Å²) in [6, 6.07) is 0. The average molecular weight is 310 g/mol. The van der Waals surface area contributed by atoms with Crippen LogP contribution < -0.4 is 0 Å². The van der Waals surface area contributed by atoms with Crippen LogP contribution in [0.1, 0.15) is 13.3 Å². The number of halogens is 6. The summed E-state index contributed by atoms with van der Waals surface area (Å²) in [5.41, 5.74) is -4.61. The Labute approximate surface area is 110 Å². The van der Waals surface area contributed by atoms with Crippen molar-refractivity contribution in [2.45, 2.75) is 37.6 Å². The van der Waals surface area contributed by atoms with Crippen LogP contribution in [0.5, 0.6) is 0 Å². The molecule has 0 saturated carbocycles. The molecule has 0 heterocycles. The second-order valence-corrected chi connectivity index (χ2v) is 3.59. The van der Waals surface area contributed by atoms with Crippen molar-refractivity contribution >= 4 is 5.97 Å². The molecular weight excluding hydrogens is 298 g/mol. The first-order valence-corrected chi connectivity index (χ1v) is 5.18. The second-order valence-electron chi connectivity index (χ2n) is 3.59. The van der Waals surface area contributed by atoms with Crippen LogP contribution in [0.3, 0.4) is 0 Å². The SMILES string of the molecule is C=CC(O)OCC(=O)OC(CC)(C(F)(F)F)C(F)(F)F. The normalized spacial score (nSPS) is 14.8. The Kier molecular flexibility index (Phi) is 6.02. The van der Waals surface area contributed by atoms with Gasteiger partial charge in [-0.05, 0) is 6.08 Å². The molecule has 1 N–H and O–H groups in total. The van der Waals surface area contributed by atoms with Gasteiger partial charge in [-0.3, -0.25) is 0 Å². The van der Waals surface area contributed by atoms with E-state index in [1.807, 2.05) is 0 Å². The first kappa shape index (κ1) is 18.7. The molecule has 0 spiro atoms. The van der Waals surface area contributed by atoms with E-state index < -0.39 is 43.2 Å². The molecule has 0 aliphatic heterocycles. The summed E-state index contributed by atoms with van der Waals surface area (Å²) in [5.74, 6) is -1.91. The lowest BCUT2D eigenvalue weighted by molar-refractivity contribution is -0.371. The number of ether oxygens (including phenoxy) is 2. The van der Waals surface area contributed by atoms with Gasteiger partial charge in [0.1, 0.15) is 6.61 Å². The molecule has 118 valence electrons. The standard InChI is InChI=1S/C10H12F6O4/c1-3-6(17)19-5-7(18)20-8(4-2,9(11,12)13)10(14,15)16/h3,6,17H,1,4-5H2,2H3. The Hall–Kier alpha value is -1.29. The van der Waals surface area contributed by atoms with E-state index in [1.165, 1.54) is 0 Å². The van der Waals surface area contributed by atoms with Gasteiger partial charge in [0.25, 0.3) is 0 Å². The van der Waals surface area contributed by atoms with Gasteiger partial charge in [0.15, 0.2) is 6.29 Å². The van der Waals surface area contributed by atoms with Crippen molar-refractivity contribution in [3.8, 4) is 0 Å². The molecule has 0 bridgehead atoms. The number of aliphatic hydroxyl groups is 1. The van der Waals surface area contributed by atoms with E-state index in [9.17, 15) is 31.1 Å². The van der Waals surface area contributed by atoms with Crippen molar-refractivity contribution in [3.63, 3.8) is 0 Å². The topological polar surface area (TPSA) is 55.8 Å². The van der Waals surface area contributed by atoms with Gasteiger partial charge in [0.05, 0.1) is 0 Å². The summed E-state index contributed by atoms with van der Waals surface area (Å²) in [4.78, 5) is 11.0. The number of hydrogen-bond donors (Lipinski definition) is 1.